The van der Waals surface area contributed by atoms with Crippen LogP contribution in [-0.2, 0) is 11.2 Å². The number of hydrogen-bond donors (Lipinski definition) is 2. The average Bonchev–Trinajstić information content (AvgIpc) is 2.83. The maximum absolute atomic E-state index is 14.6. The lowest BCUT2D eigenvalue weighted by molar-refractivity contribution is 0.0140. The molecular formula is C26H33FN4O4. The number of benzene rings is 2. The zero-order valence-corrected chi connectivity index (χ0v) is 20.6. The Kier molecular flexibility index (Phi) is 8.11. The third-order valence-electron chi connectivity index (χ3n) is 5.89. The fourth-order valence-electron chi connectivity index (χ4n) is 4.13. The fraction of sp³-hybridized carbons (Fsp3) is 0.423. The minimum absolute atomic E-state index is 0.00611. The monoisotopic (exact) mass is 484 g/mol. The van der Waals surface area contributed by atoms with E-state index in [0.717, 1.165) is 11.1 Å². The van der Waals surface area contributed by atoms with Crippen molar-refractivity contribution in [2.24, 2.45) is 5.84 Å². The van der Waals surface area contributed by atoms with Crippen LogP contribution in [0.5, 0.6) is 0 Å². The molecule has 2 aromatic carbocycles. The van der Waals surface area contributed by atoms with Gasteiger partial charge in [0.15, 0.2) is 0 Å². The number of hydrazine groups is 1. The van der Waals surface area contributed by atoms with E-state index in [4.69, 9.17) is 10.6 Å². The van der Waals surface area contributed by atoms with E-state index in [1.807, 2.05) is 19.1 Å². The lowest BCUT2D eigenvalue weighted by Gasteiger charge is -2.35. The fourth-order valence-corrected chi connectivity index (χ4v) is 4.13. The number of nitrogens with zero attached hydrogens (tertiary/aromatic N) is 2. The number of hydrogen-bond acceptors (Lipinski definition) is 5. The van der Waals surface area contributed by atoms with E-state index < -0.39 is 23.4 Å². The van der Waals surface area contributed by atoms with Gasteiger partial charge >= 0.3 is 6.09 Å². The van der Waals surface area contributed by atoms with Crippen molar-refractivity contribution >= 4 is 17.9 Å². The van der Waals surface area contributed by atoms with Gasteiger partial charge < -0.3 is 14.5 Å². The lowest BCUT2D eigenvalue weighted by Crippen LogP contribution is -2.51. The number of amides is 3. The predicted octanol–water partition coefficient (Wildman–Crippen LogP) is 3.47. The van der Waals surface area contributed by atoms with Crippen LogP contribution in [0, 0.1) is 5.82 Å². The second-order valence-electron chi connectivity index (χ2n) is 9.74. The predicted molar refractivity (Wildman–Crippen MR) is 130 cm³/mol. The van der Waals surface area contributed by atoms with Gasteiger partial charge in [-0.2, -0.15) is 0 Å². The summed E-state index contributed by atoms with van der Waals surface area (Å²) in [6, 6.07) is 11.7. The smallest absolute Gasteiger partial charge is 0.410 e. The molecule has 0 saturated carbocycles. The summed E-state index contributed by atoms with van der Waals surface area (Å²) in [5, 5.41) is 0. The third-order valence-corrected chi connectivity index (χ3v) is 5.89. The summed E-state index contributed by atoms with van der Waals surface area (Å²) >= 11 is 0. The number of nitrogen functional groups attached to an aromatic ring is 1. The van der Waals surface area contributed by atoms with Gasteiger partial charge in [0.1, 0.15) is 11.4 Å². The van der Waals surface area contributed by atoms with Crippen molar-refractivity contribution in [3.63, 3.8) is 0 Å². The van der Waals surface area contributed by atoms with Crippen LogP contribution >= 0.6 is 0 Å². The normalized spacial score (nSPS) is 14.9. The van der Waals surface area contributed by atoms with E-state index in [9.17, 15) is 18.8 Å². The molecule has 1 heterocycles. The summed E-state index contributed by atoms with van der Waals surface area (Å²) in [7, 11) is 0. The van der Waals surface area contributed by atoms with Gasteiger partial charge in [0.05, 0.1) is 5.56 Å². The average molecular weight is 485 g/mol. The molecule has 0 aliphatic carbocycles. The molecule has 1 atom stereocenters. The van der Waals surface area contributed by atoms with Gasteiger partial charge in [0.2, 0.25) is 0 Å². The number of nitrogens with two attached hydrogens (primary N) is 1. The van der Waals surface area contributed by atoms with Crippen LogP contribution in [0.15, 0.2) is 42.5 Å². The van der Waals surface area contributed by atoms with Gasteiger partial charge in [-0.15, -0.1) is 0 Å². The molecule has 0 aromatic heterocycles. The number of ether oxygens (including phenoxy) is 1. The van der Waals surface area contributed by atoms with E-state index in [1.54, 1.807) is 54.8 Å². The van der Waals surface area contributed by atoms with Crippen LogP contribution in [0.4, 0.5) is 9.18 Å². The van der Waals surface area contributed by atoms with Crippen LogP contribution in [0.1, 0.15) is 65.5 Å². The summed E-state index contributed by atoms with van der Waals surface area (Å²) < 4.78 is 20.0. The van der Waals surface area contributed by atoms with Crippen LogP contribution in [-0.4, -0.2) is 59.5 Å². The van der Waals surface area contributed by atoms with Crippen molar-refractivity contribution in [2.75, 3.05) is 26.2 Å². The number of carbonyl (C=O) groups is 3. The number of rotatable bonds is 5. The van der Waals surface area contributed by atoms with Gasteiger partial charge in [0, 0.05) is 31.7 Å². The van der Waals surface area contributed by atoms with Crippen molar-refractivity contribution in [3.8, 4) is 0 Å². The Hall–Kier alpha value is -3.46. The molecule has 3 rings (SSSR count). The minimum Gasteiger partial charge on any atom is -0.444 e. The second-order valence-corrected chi connectivity index (χ2v) is 9.74. The summed E-state index contributed by atoms with van der Waals surface area (Å²) in [5.74, 6) is 3.84. The molecule has 0 radical (unpaired) electrons. The molecule has 1 unspecified atom stereocenters. The highest BCUT2D eigenvalue weighted by molar-refractivity contribution is 5.96. The van der Waals surface area contributed by atoms with Crippen LogP contribution in [0.3, 0.4) is 0 Å². The number of nitrogens with one attached hydrogen (secondary N) is 1. The van der Waals surface area contributed by atoms with Gasteiger partial charge in [-0.1, -0.05) is 31.2 Å². The van der Waals surface area contributed by atoms with Crippen molar-refractivity contribution in [3.05, 3.63) is 70.5 Å². The first-order valence-corrected chi connectivity index (χ1v) is 11.7. The molecule has 1 aliphatic rings. The lowest BCUT2D eigenvalue weighted by atomic mass is 9.89. The van der Waals surface area contributed by atoms with Gasteiger partial charge in [0.25, 0.3) is 11.8 Å². The molecule has 0 bridgehead atoms. The second kappa shape index (κ2) is 10.9. The van der Waals surface area contributed by atoms with E-state index in [1.165, 1.54) is 6.07 Å². The molecule has 188 valence electrons. The molecule has 1 fully saturated rings. The van der Waals surface area contributed by atoms with Crippen molar-refractivity contribution < 1.29 is 23.5 Å². The molecule has 8 nitrogen and oxygen atoms in total. The molecule has 9 heteroatoms. The Balaban J connectivity index is 1.70. The van der Waals surface area contributed by atoms with E-state index in [0.29, 0.717) is 38.2 Å². The number of carbonyl (C=O) groups excluding carboxylic acids is 3. The molecule has 2 aromatic rings. The first-order chi connectivity index (χ1) is 16.5. The highest BCUT2D eigenvalue weighted by Crippen LogP contribution is 2.25. The van der Waals surface area contributed by atoms with Crippen LogP contribution < -0.4 is 11.3 Å². The van der Waals surface area contributed by atoms with Gasteiger partial charge in [-0.05, 0) is 62.4 Å². The molecule has 1 saturated heterocycles. The Morgan fingerprint density at radius 3 is 2.29 bits per heavy atom. The van der Waals surface area contributed by atoms with Crippen molar-refractivity contribution in [2.45, 2.75) is 45.6 Å². The summed E-state index contributed by atoms with van der Waals surface area (Å²) in [6.07, 6.45) is 0.0809. The summed E-state index contributed by atoms with van der Waals surface area (Å²) in [5.41, 5.74) is 3.62. The summed E-state index contributed by atoms with van der Waals surface area (Å²) in [4.78, 5) is 40.6. The zero-order valence-electron chi connectivity index (χ0n) is 20.6. The SMILES string of the molecule is CC(Cc1ccc(F)c(C(=O)N2CCN(C(=O)OC(C)(C)C)CC2)c1)c1ccccc1C(=O)NN. The molecule has 0 spiro atoms. The molecule has 1 aliphatic heterocycles. The molecular weight excluding hydrogens is 451 g/mol. The maximum atomic E-state index is 14.6. The first-order valence-electron chi connectivity index (χ1n) is 11.7. The number of halogens is 1. The Bertz CT molecular complexity index is 1090. The summed E-state index contributed by atoms with van der Waals surface area (Å²) in [6.45, 7) is 8.58. The first kappa shape index (κ1) is 26.2. The quantitative estimate of drug-likeness (QED) is 0.384. The van der Waals surface area contributed by atoms with Crippen LogP contribution in [0.25, 0.3) is 0 Å². The van der Waals surface area contributed by atoms with Crippen LogP contribution in [0.2, 0.25) is 0 Å². The standard InChI is InChI=1S/C26H33FN4O4/c1-17(19-7-5-6-8-20(19)23(32)29-28)15-18-9-10-22(27)21(16-18)24(33)30-11-13-31(14-12-30)25(34)35-26(2,3)4/h5-10,16-17H,11-15,28H2,1-4H3,(H,29,32). The van der Waals surface area contributed by atoms with E-state index in [2.05, 4.69) is 5.43 Å². The Morgan fingerprint density at radius 1 is 1.03 bits per heavy atom. The highest BCUT2D eigenvalue weighted by Gasteiger charge is 2.29. The third kappa shape index (κ3) is 6.57. The molecule has 3 amide bonds. The Morgan fingerprint density at radius 2 is 1.66 bits per heavy atom. The zero-order chi connectivity index (χ0) is 25.8. The van der Waals surface area contributed by atoms with Crippen molar-refractivity contribution in [1.29, 1.82) is 0 Å². The Labute approximate surface area is 205 Å². The van der Waals surface area contributed by atoms with Gasteiger partial charge in [-0.3, -0.25) is 15.0 Å². The molecule has 35 heavy (non-hydrogen) atoms. The van der Waals surface area contributed by atoms with Crippen molar-refractivity contribution in [1.82, 2.24) is 15.2 Å². The van der Waals surface area contributed by atoms with E-state index >= 15 is 0 Å². The topological polar surface area (TPSA) is 105 Å². The van der Waals surface area contributed by atoms with Gasteiger partial charge in [-0.25, -0.2) is 15.0 Å². The number of piperazine rings is 1. The molecule has 3 N–H and O–H groups in total. The highest BCUT2D eigenvalue weighted by atomic mass is 19.1. The minimum atomic E-state index is -0.598. The largest absolute Gasteiger partial charge is 0.444 e. The maximum Gasteiger partial charge on any atom is 0.410 e. The van der Waals surface area contributed by atoms with E-state index in [-0.39, 0.29) is 17.4 Å².